The van der Waals surface area contributed by atoms with E-state index in [9.17, 15) is 4.79 Å². The summed E-state index contributed by atoms with van der Waals surface area (Å²) >= 11 is 0. The molecule has 1 heterocycles. The van der Waals surface area contributed by atoms with Crippen molar-refractivity contribution < 1.29 is 23.6 Å². The molecule has 0 saturated carbocycles. The third-order valence-electron chi connectivity index (χ3n) is 5.49. The van der Waals surface area contributed by atoms with Crippen molar-refractivity contribution in [3.05, 3.63) is 53.1 Å². The van der Waals surface area contributed by atoms with Crippen molar-refractivity contribution in [3.8, 4) is 11.5 Å². The molecular formula is C22H27BO5. The van der Waals surface area contributed by atoms with Gasteiger partial charge in [-0.15, -0.1) is 0 Å². The molecule has 0 N–H and O–H groups in total. The van der Waals surface area contributed by atoms with Crippen LogP contribution in [0.25, 0.3) is 0 Å². The standard InChI is InChI=1S/C22H27BO5/c1-15-11-17(13-24)20(23-27-21(2,3)22(4,5)28-23)19(12-15)26-14-16-7-9-18(25-6)10-8-16/h7-13H,14H2,1-6H3. The maximum absolute atomic E-state index is 11.8. The van der Waals surface area contributed by atoms with Gasteiger partial charge < -0.3 is 18.8 Å². The van der Waals surface area contributed by atoms with Crippen LogP contribution in [0.15, 0.2) is 36.4 Å². The number of carbonyl (C=O) groups is 1. The molecular weight excluding hydrogens is 355 g/mol. The molecule has 0 aliphatic carbocycles. The summed E-state index contributed by atoms with van der Waals surface area (Å²) in [6.45, 7) is 10.2. The number of methoxy groups -OCH3 is 1. The average Bonchev–Trinajstić information content (AvgIpc) is 2.86. The highest BCUT2D eigenvalue weighted by Gasteiger charge is 2.53. The van der Waals surface area contributed by atoms with Crippen molar-refractivity contribution in [2.24, 2.45) is 0 Å². The Labute approximate surface area is 167 Å². The molecule has 1 aliphatic heterocycles. The molecule has 148 valence electrons. The summed E-state index contributed by atoms with van der Waals surface area (Å²) in [6, 6.07) is 11.4. The summed E-state index contributed by atoms with van der Waals surface area (Å²) in [7, 11) is 0.965. The average molecular weight is 382 g/mol. The van der Waals surface area contributed by atoms with Crippen LogP contribution in [0.5, 0.6) is 11.5 Å². The van der Waals surface area contributed by atoms with Crippen LogP contribution in [0.4, 0.5) is 0 Å². The van der Waals surface area contributed by atoms with Crippen molar-refractivity contribution in [2.45, 2.75) is 52.4 Å². The van der Waals surface area contributed by atoms with E-state index < -0.39 is 18.3 Å². The van der Waals surface area contributed by atoms with E-state index in [0.717, 1.165) is 23.2 Å². The zero-order valence-corrected chi connectivity index (χ0v) is 17.4. The maximum Gasteiger partial charge on any atom is 0.499 e. The minimum absolute atomic E-state index is 0.359. The highest BCUT2D eigenvalue weighted by atomic mass is 16.7. The minimum Gasteiger partial charge on any atom is -0.497 e. The van der Waals surface area contributed by atoms with Crippen LogP contribution in [0, 0.1) is 6.92 Å². The van der Waals surface area contributed by atoms with E-state index in [1.807, 2.05) is 71.0 Å². The van der Waals surface area contributed by atoms with E-state index in [1.165, 1.54) is 0 Å². The molecule has 5 nitrogen and oxygen atoms in total. The molecule has 0 amide bonds. The van der Waals surface area contributed by atoms with Gasteiger partial charge in [0.1, 0.15) is 24.4 Å². The van der Waals surface area contributed by atoms with Gasteiger partial charge in [-0.25, -0.2) is 0 Å². The second-order valence-electron chi connectivity index (χ2n) is 8.11. The largest absolute Gasteiger partial charge is 0.499 e. The molecule has 2 aromatic rings. The first-order valence-electron chi connectivity index (χ1n) is 9.38. The molecule has 6 heteroatoms. The van der Waals surface area contributed by atoms with Crippen LogP contribution >= 0.6 is 0 Å². The molecule has 1 aliphatic rings. The van der Waals surface area contributed by atoms with Crippen molar-refractivity contribution in [1.82, 2.24) is 0 Å². The van der Waals surface area contributed by atoms with Gasteiger partial charge in [-0.2, -0.15) is 0 Å². The SMILES string of the molecule is COc1ccc(COc2cc(C)cc(C=O)c2B2OC(C)(C)C(C)(C)O2)cc1. The molecule has 28 heavy (non-hydrogen) atoms. The van der Waals surface area contributed by atoms with Crippen molar-refractivity contribution in [3.63, 3.8) is 0 Å². The monoisotopic (exact) mass is 382 g/mol. The summed E-state index contributed by atoms with van der Waals surface area (Å²) in [5.41, 5.74) is 2.07. The lowest BCUT2D eigenvalue weighted by atomic mass is 9.75. The summed E-state index contributed by atoms with van der Waals surface area (Å²) in [4.78, 5) is 11.8. The highest BCUT2D eigenvalue weighted by molar-refractivity contribution is 6.64. The van der Waals surface area contributed by atoms with E-state index in [2.05, 4.69) is 0 Å². The van der Waals surface area contributed by atoms with E-state index in [4.69, 9.17) is 18.8 Å². The van der Waals surface area contributed by atoms with Crippen LogP contribution in [0.2, 0.25) is 0 Å². The van der Waals surface area contributed by atoms with E-state index in [0.29, 0.717) is 23.4 Å². The summed E-state index contributed by atoms with van der Waals surface area (Å²) < 4.78 is 23.7. The van der Waals surface area contributed by atoms with Gasteiger partial charge in [0.2, 0.25) is 0 Å². The fourth-order valence-corrected chi connectivity index (χ4v) is 3.10. The molecule has 2 aromatic carbocycles. The van der Waals surface area contributed by atoms with Crippen molar-refractivity contribution in [1.29, 1.82) is 0 Å². The quantitative estimate of drug-likeness (QED) is 0.563. The normalized spacial score (nSPS) is 17.4. The van der Waals surface area contributed by atoms with Gasteiger partial charge in [-0.1, -0.05) is 12.1 Å². The molecule has 0 atom stereocenters. The van der Waals surface area contributed by atoms with E-state index in [-0.39, 0.29) is 0 Å². The maximum atomic E-state index is 11.8. The van der Waals surface area contributed by atoms with E-state index >= 15 is 0 Å². The number of hydrogen-bond acceptors (Lipinski definition) is 5. The summed E-state index contributed by atoms with van der Waals surface area (Å²) in [5, 5.41) is 0. The third-order valence-corrected chi connectivity index (χ3v) is 5.49. The van der Waals surface area contributed by atoms with Gasteiger partial charge in [-0.3, -0.25) is 4.79 Å². The van der Waals surface area contributed by atoms with Crippen LogP contribution in [0.1, 0.15) is 49.2 Å². The minimum atomic E-state index is -0.670. The molecule has 0 aromatic heterocycles. The number of carbonyl (C=O) groups excluding carboxylic acids is 1. The fraction of sp³-hybridized carbons (Fsp3) is 0.409. The van der Waals surface area contributed by atoms with Crippen molar-refractivity contribution >= 4 is 18.9 Å². The first-order valence-corrected chi connectivity index (χ1v) is 9.38. The lowest BCUT2D eigenvalue weighted by Gasteiger charge is -2.32. The fourth-order valence-electron chi connectivity index (χ4n) is 3.10. The first kappa shape index (κ1) is 20.4. The Kier molecular flexibility index (Phi) is 5.55. The zero-order chi connectivity index (χ0) is 20.5. The lowest BCUT2D eigenvalue weighted by Crippen LogP contribution is -2.41. The van der Waals surface area contributed by atoms with Crippen LogP contribution < -0.4 is 14.9 Å². The smallest absolute Gasteiger partial charge is 0.497 e. The number of rotatable bonds is 6. The van der Waals surface area contributed by atoms with Gasteiger partial charge in [-0.05, 0) is 70.0 Å². The Hall–Kier alpha value is -2.31. The summed E-state index contributed by atoms with van der Waals surface area (Å²) in [6.07, 6.45) is 0.827. The van der Waals surface area contributed by atoms with Gasteiger partial charge >= 0.3 is 7.12 Å². The Morgan fingerprint density at radius 3 is 2.18 bits per heavy atom. The molecule has 0 bridgehead atoms. The first-order chi connectivity index (χ1) is 13.2. The second kappa shape index (κ2) is 7.61. The Morgan fingerprint density at radius 1 is 1.04 bits per heavy atom. The molecule has 3 rings (SSSR count). The molecule has 0 spiro atoms. The molecule has 0 unspecified atom stereocenters. The van der Waals surface area contributed by atoms with Gasteiger partial charge in [0.15, 0.2) is 0 Å². The third kappa shape index (κ3) is 3.93. The highest BCUT2D eigenvalue weighted by Crippen LogP contribution is 2.37. The number of benzene rings is 2. The second-order valence-corrected chi connectivity index (χ2v) is 8.11. The van der Waals surface area contributed by atoms with Gasteiger partial charge in [0.25, 0.3) is 0 Å². The molecule has 1 fully saturated rings. The Bertz CT molecular complexity index is 842. The van der Waals surface area contributed by atoms with Gasteiger partial charge in [0, 0.05) is 11.0 Å². The number of hydrogen-bond donors (Lipinski definition) is 0. The van der Waals surface area contributed by atoms with Gasteiger partial charge in [0.05, 0.1) is 18.3 Å². The van der Waals surface area contributed by atoms with Crippen LogP contribution in [-0.2, 0) is 15.9 Å². The van der Waals surface area contributed by atoms with E-state index in [1.54, 1.807) is 7.11 Å². The number of ether oxygens (including phenoxy) is 2. The number of aryl methyl sites for hydroxylation is 1. The topological polar surface area (TPSA) is 54.0 Å². The Balaban J connectivity index is 1.92. The zero-order valence-electron chi connectivity index (χ0n) is 17.4. The predicted octanol–water partition coefficient (Wildman–Crippen LogP) is 3.69. The lowest BCUT2D eigenvalue weighted by molar-refractivity contribution is 0.00578. The van der Waals surface area contributed by atoms with Crippen LogP contribution in [-0.4, -0.2) is 31.7 Å². The van der Waals surface area contributed by atoms with Crippen molar-refractivity contribution in [2.75, 3.05) is 7.11 Å². The Morgan fingerprint density at radius 2 is 1.64 bits per heavy atom. The number of aldehydes is 1. The van der Waals surface area contributed by atoms with Crippen LogP contribution in [0.3, 0.4) is 0 Å². The predicted molar refractivity (Wildman–Crippen MR) is 110 cm³/mol. The molecule has 0 radical (unpaired) electrons. The summed E-state index contributed by atoms with van der Waals surface area (Å²) in [5.74, 6) is 1.39. The molecule has 1 saturated heterocycles.